The Kier molecular flexibility index (Phi) is 4.91. The van der Waals surface area contributed by atoms with E-state index in [4.69, 9.17) is 0 Å². The number of alkyl halides is 2. The van der Waals surface area contributed by atoms with E-state index in [0.29, 0.717) is 13.0 Å². The van der Waals surface area contributed by atoms with Crippen molar-refractivity contribution in [1.82, 2.24) is 9.80 Å². The quantitative estimate of drug-likeness (QED) is 0.797. The Balaban J connectivity index is 1.65. The van der Waals surface area contributed by atoms with Gasteiger partial charge in [0.2, 0.25) is 5.91 Å². The molecule has 0 unspecified atom stereocenters. The number of halogens is 3. The van der Waals surface area contributed by atoms with Crippen LogP contribution in [0.1, 0.15) is 29.2 Å². The van der Waals surface area contributed by atoms with Crippen molar-refractivity contribution in [3.8, 4) is 0 Å². The molecule has 2 aromatic carbocycles. The fraction of sp³-hybridized carbons (Fsp3) is 0.409. The van der Waals surface area contributed by atoms with Crippen molar-refractivity contribution in [2.24, 2.45) is 5.92 Å². The lowest BCUT2D eigenvalue weighted by atomic mass is 9.87. The highest BCUT2D eigenvalue weighted by Gasteiger charge is 2.48. The number of hydrogen-bond acceptors (Lipinski definition) is 2. The maximum Gasteiger partial charge on any atom is 0.265 e. The molecule has 1 saturated heterocycles. The molecule has 2 atom stereocenters. The minimum Gasteiger partial charge on any atom is -0.331 e. The normalized spacial score (nSPS) is 24.2. The molecule has 0 radical (unpaired) electrons. The van der Waals surface area contributed by atoms with Gasteiger partial charge in [-0.1, -0.05) is 36.4 Å². The molecule has 2 aliphatic heterocycles. The Labute approximate surface area is 162 Å². The first-order valence-electron chi connectivity index (χ1n) is 9.54. The molecule has 0 N–H and O–H groups in total. The van der Waals surface area contributed by atoms with Gasteiger partial charge in [-0.3, -0.25) is 4.79 Å². The average molecular weight is 388 g/mol. The van der Waals surface area contributed by atoms with E-state index >= 15 is 0 Å². The zero-order valence-electron chi connectivity index (χ0n) is 15.7. The van der Waals surface area contributed by atoms with Gasteiger partial charge in [-0.2, -0.15) is 0 Å². The lowest BCUT2D eigenvalue weighted by Crippen LogP contribution is -2.42. The third-order valence-corrected chi connectivity index (χ3v) is 5.82. The number of carbonyl (C=O) groups excluding carboxylic acids is 1. The van der Waals surface area contributed by atoms with Crippen molar-refractivity contribution in [2.45, 2.75) is 24.8 Å². The summed E-state index contributed by atoms with van der Waals surface area (Å²) in [4.78, 5) is 16.4. The Bertz CT molecular complexity index is 868. The van der Waals surface area contributed by atoms with Gasteiger partial charge in [-0.25, -0.2) is 13.2 Å². The summed E-state index contributed by atoms with van der Waals surface area (Å²) in [5, 5.41) is 0. The number of rotatable bonds is 3. The average Bonchev–Trinajstić information content (AvgIpc) is 2.92. The first-order valence-corrected chi connectivity index (χ1v) is 9.54. The lowest BCUT2D eigenvalue weighted by molar-refractivity contribution is -0.137. The van der Waals surface area contributed by atoms with E-state index in [1.165, 1.54) is 12.1 Å². The van der Waals surface area contributed by atoms with Crippen LogP contribution in [0, 0.1) is 11.7 Å². The highest BCUT2D eigenvalue weighted by atomic mass is 19.3. The first kappa shape index (κ1) is 19.0. The van der Waals surface area contributed by atoms with E-state index in [-0.39, 0.29) is 37.3 Å². The molecule has 1 amide bonds. The summed E-state index contributed by atoms with van der Waals surface area (Å²) in [6.07, 6.45) is 0.498. The van der Waals surface area contributed by atoms with Gasteiger partial charge in [0.25, 0.3) is 5.92 Å². The maximum atomic E-state index is 14.2. The van der Waals surface area contributed by atoms with Crippen molar-refractivity contribution in [2.75, 3.05) is 26.7 Å². The van der Waals surface area contributed by atoms with Crippen molar-refractivity contribution >= 4 is 5.91 Å². The summed E-state index contributed by atoms with van der Waals surface area (Å²) in [5.74, 6) is -4.46. The number of amides is 1. The molecule has 6 heteroatoms. The Hall–Kier alpha value is -2.34. The van der Waals surface area contributed by atoms with Crippen LogP contribution >= 0.6 is 0 Å². The van der Waals surface area contributed by atoms with Gasteiger partial charge < -0.3 is 9.80 Å². The summed E-state index contributed by atoms with van der Waals surface area (Å²) in [6, 6.07) is 13.5. The monoisotopic (exact) mass is 388 g/mol. The SMILES string of the molecule is CN1C[C@@H](CC(=O)N2CCc3ccccc3[C@@H]2c2ccc(F)cc2)C(F)(F)C1. The molecular formula is C22H23F3N2O. The minimum atomic E-state index is -2.86. The van der Waals surface area contributed by atoms with Crippen molar-refractivity contribution in [3.05, 3.63) is 71.0 Å². The molecule has 2 aromatic rings. The van der Waals surface area contributed by atoms with E-state index in [1.54, 1.807) is 29.0 Å². The molecule has 0 spiro atoms. The molecule has 2 heterocycles. The summed E-state index contributed by atoms with van der Waals surface area (Å²) >= 11 is 0. The molecule has 0 saturated carbocycles. The van der Waals surface area contributed by atoms with E-state index in [2.05, 4.69) is 0 Å². The number of carbonyl (C=O) groups is 1. The van der Waals surface area contributed by atoms with Gasteiger partial charge in [0.15, 0.2) is 0 Å². The van der Waals surface area contributed by atoms with Gasteiger partial charge in [0, 0.05) is 25.4 Å². The first-order chi connectivity index (χ1) is 13.3. The van der Waals surface area contributed by atoms with Gasteiger partial charge in [-0.05, 0) is 42.3 Å². The zero-order valence-corrected chi connectivity index (χ0v) is 15.7. The Morgan fingerprint density at radius 1 is 1.14 bits per heavy atom. The highest BCUT2D eigenvalue weighted by molar-refractivity contribution is 5.78. The molecular weight excluding hydrogens is 365 g/mol. The molecule has 148 valence electrons. The molecule has 2 aliphatic rings. The van der Waals surface area contributed by atoms with Gasteiger partial charge in [-0.15, -0.1) is 0 Å². The van der Waals surface area contributed by atoms with Crippen molar-refractivity contribution < 1.29 is 18.0 Å². The number of fused-ring (bicyclic) bond motifs is 1. The topological polar surface area (TPSA) is 23.6 Å². The van der Waals surface area contributed by atoms with Crippen LogP contribution in [0.15, 0.2) is 48.5 Å². The molecule has 0 bridgehead atoms. The van der Waals surface area contributed by atoms with E-state index in [0.717, 1.165) is 16.7 Å². The molecule has 28 heavy (non-hydrogen) atoms. The van der Waals surface area contributed by atoms with Crippen LogP contribution in [-0.4, -0.2) is 48.3 Å². The largest absolute Gasteiger partial charge is 0.331 e. The summed E-state index contributed by atoms with van der Waals surface area (Å²) < 4.78 is 41.9. The number of hydrogen-bond donors (Lipinski definition) is 0. The maximum absolute atomic E-state index is 14.2. The Morgan fingerprint density at radius 3 is 2.54 bits per heavy atom. The fourth-order valence-corrected chi connectivity index (χ4v) is 4.44. The number of benzene rings is 2. The summed E-state index contributed by atoms with van der Waals surface area (Å²) in [5.41, 5.74) is 2.90. The molecule has 3 nitrogen and oxygen atoms in total. The molecule has 0 aliphatic carbocycles. The van der Waals surface area contributed by atoms with Crippen LogP contribution in [0.5, 0.6) is 0 Å². The third-order valence-electron chi connectivity index (χ3n) is 5.82. The third kappa shape index (κ3) is 3.53. The van der Waals surface area contributed by atoms with Crippen LogP contribution < -0.4 is 0 Å². The predicted molar refractivity (Wildman–Crippen MR) is 101 cm³/mol. The fourth-order valence-electron chi connectivity index (χ4n) is 4.44. The van der Waals surface area contributed by atoms with Crippen LogP contribution in [-0.2, 0) is 11.2 Å². The minimum absolute atomic E-state index is 0.183. The zero-order chi connectivity index (χ0) is 19.9. The smallest absolute Gasteiger partial charge is 0.265 e. The molecule has 4 rings (SSSR count). The molecule has 1 fully saturated rings. The van der Waals surface area contributed by atoms with E-state index in [1.807, 2.05) is 24.3 Å². The molecule has 0 aromatic heterocycles. The van der Waals surface area contributed by atoms with Crippen LogP contribution in [0.3, 0.4) is 0 Å². The summed E-state index contributed by atoms with van der Waals surface area (Å²) in [6.45, 7) is 0.367. The number of likely N-dealkylation sites (tertiary alicyclic amines) is 1. The number of nitrogens with zero attached hydrogens (tertiary/aromatic N) is 2. The Morgan fingerprint density at radius 2 is 1.86 bits per heavy atom. The van der Waals surface area contributed by atoms with Gasteiger partial charge >= 0.3 is 0 Å². The predicted octanol–water partition coefficient (Wildman–Crippen LogP) is 3.89. The van der Waals surface area contributed by atoms with Crippen LogP contribution in [0.25, 0.3) is 0 Å². The van der Waals surface area contributed by atoms with Crippen LogP contribution in [0.2, 0.25) is 0 Å². The second-order valence-electron chi connectivity index (χ2n) is 7.85. The van der Waals surface area contributed by atoms with Crippen molar-refractivity contribution in [1.29, 1.82) is 0 Å². The van der Waals surface area contributed by atoms with E-state index < -0.39 is 11.8 Å². The van der Waals surface area contributed by atoms with Gasteiger partial charge in [0.1, 0.15) is 5.82 Å². The summed E-state index contributed by atoms with van der Waals surface area (Å²) in [7, 11) is 1.65. The standard InChI is InChI=1S/C22H23F3N2O/c1-26-13-17(22(24,25)14-26)12-20(28)27-11-10-15-4-2-3-5-19(15)21(27)16-6-8-18(23)9-7-16/h2-9,17,21H,10-14H2,1H3/t17-,21+/m1/s1. The lowest BCUT2D eigenvalue weighted by Gasteiger charge is -2.38. The second kappa shape index (κ2) is 7.24. The van der Waals surface area contributed by atoms with Gasteiger partial charge in [0.05, 0.1) is 12.6 Å². The van der Waals surface area contributed by atoms with E-state index in [9.17, 15) is 18.0 Å². The van der Waals surface area contributed by atoms with Crippen molar-refractivity contribution in [3.63, 3.8) is 0 Å². The van der Waals surface area contributed by atoms with Crippen LogP contribution in [0.4, 0.5) is 13.2 Å². The highest BCUT2D eigenvalue weighted by Crippen LogP contribution is 2.39. The second-order valence-corrected chi connectivity index (χ2v) is 7.85.